The third-order valence-electron chi connectivity index (χ3n) is 10.5. The molecular formula is C26H34O6. The van der Waals surface area contributed by atoms with E-state index >= 15 is 0 Å². The zero-order valence-corrected chi connectivity index (χ0v) is 19.2. The van der Waals surface area contributed by atoms with Crippen LogP contribution < -0.4 is 5.63 Å². The summed E-state index contributed by atoms with van der Waals surface area (Å²) in [5.41, 5.74) is 0.319. The number of ether oxygens (including phenoxy) is 2. The minimum atomic E-state index is -0.369. The molecule has 1 aromatic heterocycles. The van der Waals surface area contributed by atoms with Gasteiger partial charge < -0.3 is 19.0 Å². The van der Waals surface area contributed by atoms with E-state index < -0.39 is 0 Å². The van der Waals surface area contributed by atoms with Crippen molar-refractivity contribution in [3.05, 3.63) is 34.4 Å². The molecule has 4 saturated carbocycles. The third-order valence-corrected chi connectivity index (χ3v) is 10.5. The van der Waals surface area contributed by atoms with Crippen LogP contribution in [0.5, 0.6) is 0 Å². The van der Waals surface area contributed by atoms with Gasteiger partial charge in [-0.1, -0.05) is 13.8 Å². The fourth-order valence-corrected chi connectivity index (χ4v) is 9.10. The van der Waals surface area contributed by atoms with Crippen LogP contribution in [-0.2, 0) is 14.3 Å². The summed E-state index contributed by atoms with van der Waals surface area (Å²) in [4.78, 5) is 23.7. The molecule has 6 rings (SSSR count). The van der Waals surface area contributed by atoms with Crippen LogP contribution in [0.3, 0.4) is 0 Å². The highest BCUT2D eigenvalue weighted by molar-refractivity contribution is 5.66. The van der Waals surface area contributed by atoms with Crippen LogP contribution >= 0.6 is 0 Å². The summed E-state index contributed by atoms with van der Waals surface area (Å²) in [6.45, 7) is 6.23. The van der Waals surface area contributed by atoms with Crippen molar-refractivity contribution in [1.82, 2.24) is 0 Å². The average Bonchev–Trinajstić information content (AvgIpc) is 3.44. The Morgan fingerprint density at radius 3 is 2.66 bits per heavy atom. The lowest BCUT2D eigenvalue weighted by Gasteiger charge is -2.61. The van der Waals surface area contributed by atoms with E-state index in [0.29, 0.717) is 17.8 Å². The molecule has 174 valence electrons. The molecule has 6 nitrogen and oxygen atoms in total. The van der Waals surface area contributed by atoms with Gasteiger partial charge in [0.15, 0.2) is 0 Å². The van der Waals surface area contributed by atoms with Crippen molar-refractivity contribution in [3.63, 3.8) is 0 Å². The number of rotatable bonds is 2. The maximum atomic E-state index is 12.1. The van der Waals surface area contributed by atoms with Gasteiger partial charge >= 0.3 is 11.6 Å². The summed E-state index contributed by atoms with van der Waals surface area (Å²) in [5, 5.41) is 10.3. The van der Waals surface area contributed by atoms with Crippen LogP contribution in [0, 0.1) is 28.6 Å². The van der Waals surface area contributed by atoms with Crippen LogP contribution in [-0.4, -0.2) is 35.0 Å². The number of fused-ring (bicyclic) bond motifs is 3. The minimum Gasteiger partial charge on any atom is -0.459 e. The van der Waals surface area contributed by atoms with Crippen molar-refractivity contribution in [1.29, 1.82) is 0 Å². The maximum Gasteiger partial charge on any atom is 0.335 e. The molecule has 1 spiro atoms. The van der Waals surface area contributed by atoms with Crippen LogP contribution in [0.2, 0.25) is 0 Å². The molecule has 1 saturated heterocycles. The van der Waals surface area contributed by atoms with E-state index in [4.69, 9.17) is 13.9 Å². The second kappa shape index (κ2) is 6.69. The van der Waals surface area contributed by atoms with Gasteiger partial charge in [-0.3, -0.25) is 4.79 Å². The molecule has 4 aliphatic carbocycles. The minimum absolute atomic E-state index is 0.0471. The molecule has 0 radical (unpaired) electrons. The summed E-state index contributed by atoms with van der Waals surface area (Å²) in [6, 6.07) is 3.30. The van der Waals surface area contributed by atoms with Crippen molar-refractivity contribution in [3.8, 4) is 0 Å². The quantitative estimate of drug-likeness (QED) is 0.554. The SMILES string of the molecule is CC(=O)O[C@H]1[C@H]2O[C@]23[C@@H]2CC[C@@H]4C[C@@H](O)CC[C@]4(C)[C@H]2CC[C@]3(C)[C@H]1c1ccc(=O)oc1. The van der Waals surface area contributed by atoms with Crippen molar-refractivity contribution < 1.29 is 23.8 Å². The van der Waals surface area contributed by atoms with Gasteiger partial charge in [0.25, 0.3) is 0 Å². The van der Waals surface area contributed by atoms with E-state index in [9.17, 15) is 14.7 Å². The molecule has 0 unspecified atom stereocenters. The summed E-state index contributed by atoms with van der Waals surface area (Å²) in [5.74, 6) is 1.24. The standard InChI is InChI=1S/C26H34O6/c1-14(27)31-22-21(15-4-7-20(29)30-13-15)25(3)11-9-18-19(26(25)23(22)32-26)6-5-16-12-17(28)8-10-24(16,18)2/h4,7,13,16-19,21-23,28H,5-6,8-12H2,1-3H3/t16-,17+,18+,19-,21+,22-,23-,24+,25-,26-/m1/s1. The van der Waals surface area contributed by atoms with Crippen LogP contribution in [0.1, 0.15) is 77.2 Å². The first kappa shape index (κ1) is 20.9. The molecule has 6 heteroatoms. The van der Waals surface area contributed by atoms with Crippen molar-refractivity contribution >= 4 is 5.97 Å². The highest BCUT2D eigenvalue weighted by Gasteiger charge is 2.84. The number of hydrogen-bond donors (Lipinski definition) is 1. The van der Waals surface area contributed by atoms with Gasteiger partial charge in [-0.05, 0) is 79.7 Å². The van der Waals surface area contributed by atoms with Gasteiger partial charge in [-0.2, -0.15) is 0 Å². The van der Waals surface area contributed by atoms with E-state index in [-0.39, 0.29) is 52.3 Å². The molecule has 2 heterocycles. The van der Waals surface area contributed by atoms with Crippen LogP contribution in [0.25, 0.3) is 0 Å². The van der Waals surface area contributed by atoms with Crippen molar-refractivity contribution in [2.45, 2.75) is 95.5 Å². The molecule has 5 fully saturated rings. The van der Waals surface area contributed by atoms with Crippen molar-refractivity contribution in [2.24, 2.45) is 28.6 Å². The van der Waals surface area contributed by atoms with Gasteiger partial charge in [-0.15, -0.1) is 0 Å². The lowest BCUT2D eigenvalue weighted by molar-refractivity contribution is -0.158. The second-order valence-electron chi connectivity index (χ2n) is 11.6. The summed E-state index contributed by atoms with van der Waals surface area (Å²) < 4.78 is 17.8. The van der Waals surface area contributed by atoms with E-state index in [1.54, 1.807) is 6.26 Å². The summed E-state index contributed by atoms with van der Waals surface area (Å²) in [6.07, 6.45) is 8.20. The monoisotopic (exact) mass is 442 g/mol. The Bertz CT molecular complexity index is 982. The number of carbonyl (C=O) groups is 1. The molecule has 5 aliphatic rings. The van der Waals surface area contributed by atoms with E-state index in [0.717, 1.165) is 50.5 Å². The van der Waals surface area contributed by atoms with Gasteiger partial charge in [0, 0.05) is 24.3 Å². The van der Waals surface area contributed by atoms with Gasteiger partial charge in [0.05, 0.1) is 12.4 Å². The molecule has 0 aromatic carbocycles. The average molecular weight is 443 g/mol. The number of aliphatic hydroxyl groups is 1. The van der Waals surface area contributed by atoms with E-state index in [2.05, 4.69) is 13.8 Å². The Hall–Kier alpha value is -1.66. The lowest BCUT2D eigenvalue weighted by atomic mass is 9.44. The van der Waals surface area contributed by atoms with Gasteiger partial charge in [0.2, 0.25) is 0 Å². The Balaban J connectivity index is 1.41. The predicted octanol–water partition coefficient (Wildman–Crippen LogP) is 3.80. The van der Waals surface area contributed by atoms with Crippen LogP contribution in [0.15, 0.2) is 27.6 Å². The largest absolute Gasteiger partial charge is 0.459 e. The molecule has 1 aliphatic heterocycles. The molecular weight excluding hydrogens is 408 g/mol. The predicted molar refractivity (Wildman–Crippen MR) is 116 cm³/mol. The second-order valence-corrected chi connectivity index (χ2v) is 11.6. The molecule has 0 bridgehead atoms. The van der Waals surface area contributed by atoms with Gasteiger partial charge in [-0.25, -0.2) is 4.79 Å². The lowest BCUT2D eigenvalue weighted by Crippen LogP contribution is -2.58. The smallest absolute Gasteiger partial charge is 0.335 e. The first-order valence-electron chi connectivity index (χ1n) is 12.3. The fourth-order valence-electron chi connectivity index (χ4n) is 9.10. The highest BCUT2D eigenvalue weighted by Crippen LogP contribution is 2.78. The maximum absolute atomic E-state index is 12.1. The number of carbonyl (C=O) groups excluding carboxylic acids is 1. The fraction of sp³-hybridized carbons (Fsp3) is 0.769. The summed E-state index contributed by atoms with van der Waals surface area (Å²) >= 11 is 0. The van der Waals surface area contributed by atoms with Crippen LogP contribution in [0.4, 0.5) is 0 Å². The normalized spacial score (nSPS) is 51.1. The topological polar surface area (TPSA) is 89.3 Å². The molecule has 1 aromatic rings. The number of esters is 1. The van der Waals surface area contributed by atoms with Gasteiger partial charge in [0.1, 0.15) is 17.8 Å². The summed E-state index contributed by atoms with van der Waals surface area (Å²) in [7, 11) is 0. The molecule has 32 heavy (non-hydrogen) atoms. The Morgan fingerprint density at radius 1 is 1.12 bits per heavy atom. The number of hydrogen-bond acceptors (Lipinski definition) is 6. The zero-order chi connectivity index (χ0) is 22.5. The molecule has 1 N–H and O–H groups in total. The first-order chi connectivity index (χ1) is 15.2. The van der Waals surface area contributed by atoms with E-state index in [1.807, 2.05) is 6.07 Å². The Morgan fingerprint density at radius 2 is 1.94 bits per heavy atom. The highest BCUT2D eigenvalue weighted by atomic mass is 16.7. The Labute approximate surface area is 188 Å². The Kier molecular flexibility index (Phi) is 4.37. The number of epoxide rings is 1. The molecule has 10 atom stereocenters. The third kappa shape index (κ3) is 2.54. The first-order valence-corrected chi connectivity index (χ1v) is 12.3. The van der Waals surface area contributed by atoms with E-state index in [1.165, 1.54) is 13.0 Å². The molecule has 0 amide bonds. The van der Waals surface area contributed by atoms with Crippen molar-refractivity contribution in [2.75, 3.05) is 0 Å². The zero-order valence-electron chi connectivity index (χ0n) is 19.2. The number of aliphatic hydroxyl groups excluding tert-OH is 1.